The summed E-state index contributed by atoms with van der Waals surface area (Å²) in [6.07, 6.45) is 0. The molecule has 1 aliphatic rings. The van der Waals surface area contributed by atoms with Crippen LogP contribution in [0, 0.1) is 0 Å². The van der Waals surface area contributed by atoms with Gasteiger partial charge >= 0.3 is 0 Å². The fourth-order valence-electron chi connectivity index (χ4n) is 3.56. The number of nitrogens with zero attached hydrogens (tertiary/aromatic N) is 1. The zero-order chi connectivity index (χ0) is 23.5. The van der Waals surface area contributed by atoms with Gasteiger partial charge in [0, 0.05) is 6.07 Å². The second-order valence-electron chi connectivity index (χ2n) is 7.07. The molecule has 168 valence electrons. The standard InChI is InChI=1S/C25H21ClN2O5/c1-31-16-10-8-15(9-11-16)22-23(27-19-13-12-17(32-2)14-21(19)33-3)25(30)28(24(22)29)20-7-5-4-6-18(20)26/h4-14,27H,1-3H3. The Morgan fingerprint density at radius 1 is 0.788 bits per heavy atom. The molecular weight excluding hydrogens is 444 g/mol. The van der Waals surface area contributed by atoms with Gasteiger partial charge in [-0.1, -0.05) is 35.9 Å². The molecule has 33 heavy (non-hydrogen) atoms. The van der Waals surface area contributed by atoms with E-state index in [1.54, 1.807) is 80.9 Å². The average Bonchev–Trinajstić information content (AvgIpc) is 3.08. The van der Waals surface area contributed by atoms with Gasteiger partial charge < -0.3 is 19.5 Å². The van der Waals surface area contributed by atoms with E-state index >= 15 is 0 Å². The third-order valence-corrected chi connectivity index (χ3v) is 5.54. The van der Waals surface area contributed by atoms with Crippen LogP contribution in [0.4, 0.5) is 11.4 Å². The van der Waals surface area contributed by atoms with Crippen molar-refractivity contribution in [2.24, 2.45) is 0 Å². The topological polar surface area (TPSA) is 77.1 Å². The highest BCUT2D eigenvalue weighted by Gasteiger charge is 2.41. The molecule has 4 rings (SSSR count). The average molecular weight is 465 g/mol. The summed E-state index contributed by atoms with van der Waals surface area (Å²) < 4.78 is 15.9. The molecule has 0 spiro atoms. The normalized spacial score (nSPS) is 13.4. The van der Waals surface area contributed by atoms with Crippen LogP contribution in [0.15, 0.2) is 72.4 Å². The Morgan fingerprint density at radius 3 is 2.09 bits per heavy atom. The first-order valence-corrected chi connectivity index (χ1v) is 10.4. The summed E-state index contributed by atoms with van der Waals surface area (Å²) in [6, 6.07) is 18.7. The van der Waals surface area contributed by atoms with Gasteiger partial charge in [0.15, 0.2) is 0 Å². The van der Waals surface area contributed by atoms with Crippen molar-refractivity contribution in [2.45, 2.75) is 0 Å². The molecule has 3 aromatic carbocycles. The molecule has 2 amide bonds. The molecular formula is C25H21ClN2O5. The van der Waals surface area contributed by atoms with E-state index in [9.17, 15) is 9.59 Å². The fraction of sp³-hybridized carbons (Fsp3) is 0.120. The van der Waals surface area contributed by atoms with Gasteiger partial charge in [0.25, 0.3) is 11.8 Å². The lowest BCUT2D eigenvalue weighted by Gasteiger charge is -2.17. The monoisotopic (exact) mass is 464 g/mol. The predicted octanol–water partition coefficient (Wildman–Crippen LogP) is 4.76. The summed E-state index contributed by atoms with van der Waals surface area (Å²) in [5.41, 5.74) is 1.67. The summed E-state index contributed by atoms with van der Waals surface area (Å²) >= 11 is 6.32. The Kier molecular flexibility index (Phi) is 6.24. The Hall–Kier alpha value is -3.97. The summed E-state index contributed by atoms with van der Waals surface area (Å²) in [7, 11) is 4.61. The molecule has 0 saturated carbocycles. The van der Waals surface area contributed by atoms with E-state index in [1.165, 1.54) is 7.11 Å². The lowest BCUT2D eigenvalue weighted by atomic mass is 10.0. The number of amides is 2. The number of hydrogen-bond donors (Lipinski definition) is 1. The summed E-state index contributed by atoms with van der Waals surface area (Å²) in [5.74, 6) is 0.649. The maximum absolute atomic E-state index is 13.5. The minimum atomic E-state index is -0.531. The third-order valence-electron chi connectivity index (χ3n) is 5.22. The van der Waals surface area contributed by atoms with Crippen LogP contribution in [0.5, 0.6) is 17.2 Å². The first-order valence-electron chi connectivity index (χ1n) is 9.99. The van der Waals surface area contributed by atoms with Crippen molar-refractivity contribution in [3.05, 3.63) is 83.0 Å². The van der Waals surface area contributed by atoms with Crippen LogP contribution in [0.1, 0.15) is 5.56 Å². The maximum atomic E-state index is 13.5. The highest BCUT2D eigenvalue weighted by Crippen LogP contribution is 2.38. The molecule has 0 atom stereocenters. The van der Waals surface area contributed by atoms with Crippen molar-refractivity contribution < 1.29 is 23.8 Å². The van der Waals surface area contributed by atoms with E-state index in [4.69, 9.17) is 25.8 Å². The molecule has 0 unspecified atom stereocenters. The number of carbonyl (C=O) groups excluding carboxylic acids is 2. The number of imide groups is 1. The Balaban J connectivity index is 1.84. The third kappa shape index (κ3) is 4.10. The minimum Gasteiger partial charge on any atom is -0.497 e. The largest absolute Gasteiger partial charge is 0.497 e. The van der Waals surface area contributed by atoms with Crippen LogP contribution in [-0.2, 0) is 9.59 Å². The van der Waals surface area contributed by atoms with Crippen molar-refractivity contribution >= 4 is 40.4 Å². The van der Waals surface area contributed by atoms with Crippen molar-refractivity contribution in [3.63, 3.8) is 0 Å². The predicted molar refractivity (Wildman–Crippen MR) is 127 cm³/mol. The second-order valence-corrected chi connectivity index (χ2v) is 7.47. The molecule has 1 aliphatic heterocycles. The van der Waals surface area contributed by atoms with Gasteiger partial charge in [-0.2, -0.15) is 0 Å². The Morgan fingerprint density at radius 2 is 1.45 bits per heavy atom. The molecule has 1 N–H and O–H groups in total. The SMILES string of the molecule is COc1ccc(C2=C(Nc3ccc(OC)cc3OC)C(=O)N(c3ccccc3Cl)C2=O)cc1. The number of rotatable bonds is 7. The van der Waals surface area contributed by atoms with E-state index in [-0.39, 0.29) is 16.3 Å². The molecule has 7 nitrogen and oxygen atoms in total. The highest BCUT2D eigenvalue weighted by atomic mass is 35.5. The summed E-state index contributed by atoms with van der Waals surface area (Å²) in [4.78, 5) is 28.2. The van der Waals surface area contributed by atoms with E-state index < -0.39 is 11.8 Å². The minimum absolute atomic E-state index is 0.105. The van der Waals surface area contributed by atoms with Gasteiger partial charge in [-0.05, 0) is 42.0 Å². The van der Waals surface area contributed by atoms with Crippen LogP contribution in [0.2, 0.25) is 5.02 Å². The van der Waals surface area contributed by atoms with Gasteiger partial charge in [0.2, 0.25) is 0 Å². The molecule has 0 aromatic heterocycles. The molecule has 0 fully saturated rings. The molecule has 8 heteroatoms. The van der Waals surface area contributed by atoms with E-state index in [2.05, 4.69) is 5.32 Å². The smallest absolute Gasteiger partial charge is 0.282 e. The lowest BCUT2D eigenvalue weighted by Crippen LogP contribution is -2.32. The van der Waals surface area contributed by atoms with Gasteiger partial charge in [-0.25, -0.2) is 4.90 Å². The number of hydrogen-bond acceptors (Lipinski definition) is 6. The van der Waals surface area contributed by atoms with Gasteiger partial charge in [-0.15, -0.1) is 0 Å². The number of carbonyl (C=O) groups is 2. The van der Waals surface area contributed by atoms with Gasteiger partial charge in [0.05, 0.1) is 43.3 Å². The lowest BCUT2D eigenvalue weighted by molar-refractivity contribution is -0.120. The Labute approximate surface area is 196 Å². The second kappa shape index (κ2) is 9.26. The molecule has 0 aliphatic carbocycles. The first kappa shape index (κ1) is 22.2. The zero-order valence-corrected chi connectivity index (χ0v) is 19.0. The number of benzene rings is 3. The molecule has 3 aromatic rings. The van der Waals surface area contributed by atoms with Crippen molar-refractivity contribution in [2.75, 3.05) is 31.5 Å². The van der Waals surface area contributed by atoms with E-state index in [0.717, 1.165) is 4.90 Å². The van der Waals surface area contributed by atoms with Crippen molar-refractivity contribution in [1.29, 1.82) is 0 Å². The van der Waals surface area contributed by atoms with Crippen LogP contribution < -0.4 is 24.4 Å². The number of methoxy groups -OCH3 is 3. The Bertz CT molecular complexity index is 1250. The van der Waals surface area contributed by atoms with Crippen LogP contribution >= 0.6 is 11.6 Å². The van der Waals surface area contributed by atoms with Crippen molar-refractivity contribution in [1.82, 2.24) is 0 Å². The number of anilines is 2. The summed E-state index contributed by atoms with van der Waals surface area (Å²) in [6.45, 7) is 0. The van der Waals surface area contributed by atoms with Crippen molar-refractivity contribution in [3.8, 4) is 17.2 Å². The highest BCUT2D eigenvalue weighted by molar-refractivity contribution is 6.48. The van der Waals surface area contributed by atoms with Crippen LogP contribution in [0.3, 0.4) is 0 Å². The van der Waals surface area contributed by atoms with Crippen LogP contribution in [0.25, 0.3) is 5.57 Å². The molecule has 0 bridgehead atoms. The quantitative estimate of drug-likeness (QED) is 0.508. The number of halogens is 1. The number of nitrogens with one attached hydrogen (secondary N) is 1. The zero-order valence-electron chi connectivity index (χ0n) is 18.2. The van der Waals surface area contributed by atoms with Gasteiger partial charge in [0.1, 0.15) is 22.9 Å². The molecule has 0 radical (unpaired) electrons. The molecule has 1 heterocycles. The maximum Gasteiger partial charge on any atom is 0.282 e. The summed E-state index contributed by atoms with van der Waals surface area (Å²) in [5, 5.41) is 3.39. The first-order chi connectivity index (χ1) is 16.0. The van der Waals surface area contributed by atoms with E-state index in [1.807, 2.05) is 0 Å². The molecule has 0 saturated heterocycles. The number of para-hydroxylation sites is 1. The van der Waals surface area contributed by atoms with E-state index in [0.29, 0.717) is 34.2 Å². The van der Waals surface area contributed by atoms with Crippen LogP contribution in [-0.4, -0.2) is 33.1 Å². The van der Waals surface area contributed by atoms with Gasteiger partial charge in [-0.3, -0.25) is 9.59 Å². The number of ether oxygens (including phenoxy) is 3. The fourth-order valence-corrected chi connectivity index (χ4v) is 3.78.